The van der Waals surface area contributed by atoms with Crippen molar-refractivity contribution in [1.82, 2.24) is 0 Å². The average Bonchev–Trinajstić information content (AvgIpc) is 2.08. The van der Waals surface area contributed by atoms with Crippen molar-refractivity contribution in [1.29, 1.82) is 0 Å². The maximum absolute atomic E-state index is 3.36. The van der Waals surface area contributed by atoms with Crippen molar-refractivity contribution in [3.05, 3.63) is 45.7 Å². The van der Waals surface area contributed by atoms with E-state index >= 15 is 0 Å². The Morgan fingerprint density at radius 2 is 1.62 bits per heavy atom. The van der Waals surface area contributed by atoms with Crippen LogP contribution in [0, 0.1) is 28.4 Å². The smallest absolute Gasteiger partial charge is 0.358 e. The molecule has 0 saturated heterocycles. The summed E-state index contributed by atoms with van der Waals surface area (Å²) in [7, 11) is -1.01. The van der Waals surface area contributed by atoms with E-state index in [-0.39, 0.29) is 48.5 Å². The molecule has 74 valence electrons. The molecule has 1 aliphatic rings. The zero-order valence-corrected chi connectivity index (χ0v) is 13.3. The minimum atomic E-state index is -1.01. The Hall–Kier alpha value is 0.580. The third-order valence-corrected chi connectivity index (χ3v) is 3.46. The van der Waals surface area contributed by atoms with Gasteiger partial charge in [0.05, 0.1) is 0 Å². The molecule has 1 aliphatic carbocycles. The van der Waals surface area contributed by atoms with E-state index in [2.05, 4.69) is 37.9 Å². The molecule has 13 heavy (non-hydrogen) atoms. The zero-order valence-electron chi connectivity index (χ0n) is 9.86. The van der Waals surface area contributed by atoms with E-state index in [0.717, 1.165) is 6.42 Å². The van der Waals surface area contributed by atoms with E-state index in [9.17, 15) is 0 Å². The predicted molar refractivity (Wildman–Crippen MR) is 63.1 cm³/mol. The molecule has 0 unspecified atom stereocenters. The summed E-state index contributed by atoms with van der Waals surface area (Å²) in [6.07, 6.45) is 8.82. The van der Waals surface area contributed by atoms with Crippen molar-refractivity contribution >= 4 is 8.07 Å². The molecule has 0 aromatic rings. The molecule has 0 atom stereocenters. The summed E-state index contributed by atoms with van der Waals surface area (Å²) >= 11 is 0. The van der Waals surface area contributed by atoms with Gasteiger partial charge in [-0.15, -0.1) is 6.42 Å². The van der Waals surface area contributed by atoms with Crippen molar-refractivity contribution in [3.63, 3.8) is 0 Å². The fraction of sp³-hybridized carbons (Fsp3) is 0.364. The molecule has 0 aromatic carbocycles. The Labute approximate surface area is 106 Å². The van der Waals surface area contributed by atoms with Crippen molar-refractivity contribution in [2.75, 3.05) is 0 Å². The monoisotopic (exact) mass is 272 g/mol. The van der Waals surface area contributed by atoms with Crippen LogP contribution in [0.25, 0.3) is 0 Å². The SMILES string of the molecule is C[Si](C)(C)C1=[C-]CC=C1.[CH3-].[CH3-].[CH3-].[Zr+4]. The average molecular weight is 274 g/mol. The van der Waals surface area contributed by atoms with Crippen LogP contribution in [0.2, 0.25) is 19.6 Å². The zero-order chi connectivity index (χ0) is 6.91. The molecule has 0 fully saturated rings. The minimum absolute atomic E-state index is 0. The normalized spacial score (nSPS) is 12.7. The Bertz CT molecular complexity index is 163. The van der Waals surface area contributed by atoms with Gasteiger partial charge in [-0.25, -0.2) is 11.3 Å². The van der Waals surface area contributed by atoms with Crippen molar-refractivity contribution in [2.24, 2.45) is 0 Å². The van der Waals surface area contributed by atoms with Crippen molar-refractivity contribution in [2.45, 2.75) is 26.1 Å². The van der Waals surface area contributed by atoms with Crippen LogP contribution in [0.4, 0.5) is 0 Å². The van der Waals surface area contributed by atoms with Gasteiger partial charge in [-0.05, 0) is 0 Å². The topological polar surface area (TPSA) is 0 Å². The van der Waals surface area contributed by atoms with E-state index in [1.807, 2.05) is 0 Å². The molecule has 0 aromatic heterocycles. The van der Waals surface area contributed by atoms with Gasteiger partial charge in [0.2, 0.25) is 0 Å². The molecule has 0 saturated carbocycles. The van der Waals surface area contributed by atoms with Gasteiger partial charge in [-0.2, -0.15) is 6.08 Å². The van der Waals surface area contributed by atoms with Crippen LogP contribution in [0.1, 0.15) is 6.42 Å². The summed E-state index contributed by atoms with van der Waals surface area (Å²) in [6, 6.07) is 0. The van der Waals surface area contributed by atoms with Crippen molar-refractivity contribution < 1.29 is 26.2 Å². The van der Waals surface area contributed by atoms with Gasteiger partial charge in [-0.3, -0.25) is 6.08 Å². The first-order chi connectivity index (χ1) is 4.11. The van der Waals surface area contributed by atoms with Crippen molar-refractivity contribution in [3.8, 4) is 0 Å². The number of hydrogen-bond donors (Lipinski definition) is 0. The largest absolute Gasteiger partial charge is 4.00 e. The van der Waals surface area contributed by atoms with Gasteiger partial charge in [0.15, 0.2) is 0 Å². The van der Waals surface area contributed by atoms with E-state index in [0.29, 0.717) is 0 Å². The molecule has 2 heteroatoms. The third-order valence-electron chi connectivity index (χ3n) is 1.50. The summed E-state index contributed by atoms with van der Waals surface area (Å²) in [5.41, 5.74) is 0. The fourth-order valence-electron chi connectivity index (χ4n) is 0.920. The van der Waals surface area contributed by atoms with Crippen LogP contribution in [0.5, 0.6) is 0 Å². The van der Waals surface area contributed by atoms with E-state index in [1.165, 1.54) is 5.20 Å². The van der Waals surface area contributed by atoms with E-state index in [1.54, 1.807) is 0 Å². The second kappa shape index (κ2) is 9.15. The Balaban J connectivity index is -0.000000101. The van der Waals surface area contributed by atoms with Gasteiger partial charge >= 0.3 is 26.2 Å². The predicted octanol–water partition coefficient (Wildman–Crippen LogP) is 3.90. The molecule has 0 nitrogen and oxygen atoms in total. The van der Waals surface area contributed by atoms with Crippen LogP contribution in [0.15, 0.2) is 17.3 Å². The van der Waals surface area contributed by atoms with E-state index in [4.69, 9.17) is 0 Å². The minimum Gasteiger partial charge on any atom is -0.358 e. The molecular formula is C11H22SiZr. The molecule has 0 radical (unpaired) electrons. The second-order valence-corrected chi connectivity index (χ2v) is 8.49. The molecule has 0 spiro atoms. The third kappa shape index (κ3) is 7.64. The first-order valence-electron chi connectivity index (χ1n) is 3.38. The van der Waals surface area contributed by atoms with Crippen LogP contribution in [-0.4, -0.2) is 8.07 Å². The Morgan fingerprint density at radius 1 is 1.15 bits per heavy atom. The van der Waals surface area contributed by atoms with Crippen LogP contribution >= 0.6 is 0 Å². The summed E-state index contributed by atoms with van der Waals surface area (Å²) in [5, 5.41) is 1.49. The standard InChI is InChI=1S/C8H13Si.3CH3.Zr/c1-9(2,3)8-6-4-5-7-8;;;;/h4,6H,5H2,1-3H3;3*1H3;/q4*-1;+4. The van der Waals surface area contributed by atoms with Crippen LogP contribution in [-0.2, 0) is 26.2 Å². The molecule has 0 bridgehead atoms. The van der Waals surface area contributed by atoms with Crippen LogP contribution < -0.4 is 0 Å². The van der Waals surface area contributed by atoms with Gasteiger partial charge in [0.1, 0.15) is 0 Å². The molecular weight excluding hydrogens is 251 g/mol. The van der Waals surface area contributed by atoms with Gasteiger partial charge < -0.3 is 22.3 Å². The first-order valence-corrected chi connectivity index (χ1v) is 6.88. The molecule has 0 aliphatic heterocycles. The molecule has 0 heterocycles. The summed E-state index contributed by atoms with van der Waals surface area (Å²) < 4.78 is 0. The van der Waals surface area contributed by atoms with E-state index < -0.39 is 8.07 Å². The number of rotatable bonds is 1. The molecule has 0 amide bonds. The first kappa shape index (κ1) is 23.4. The quantitative estimate of drug-likeness (QED) is 0.502. The number of hydrogen-bond acceptors (Lipinski definition) is 0. The van der Waals surface area contributed by atoms with Gasteiger partial charge in [0.25, 0.3) is 0 Å². The summed E-state index contributed by atoms with van der Waals surface area (Å²) in [5.74, 6) is 0. The molecule has 0 N–H and O–H groups in total. The number of allylic oxidation sites excluding steroid dienone is 4. The summed E-state index contributed by atoms with van der Waals surface area (Å²) in [6.45, 7) is 7.06. The maximum atomic E-state index is 3.36. The maximum Gasteiger partial charge on any atom is 4.00 e. The fourth-order valence-corrected chi connectivity index (χ4v) is 2.17. The van der Waals surface area contributed by atoms with Gasteiger partial charge in [-0.1, -0.05) is 19.6 Å². The van der Waals surface area contributed by atoms with Crippen LogP contribution in [0.3, 0.4) is 0 Å². The van der Waals surface area contributed by atoms with Gasteiger partial charge in [0, 0.05) is 8.07 Å². The second-order valence-electron chi connectivity index (χ2n) is 3.45. The Morgan fingerprint density at radius 3 is 1.77 bits per heavy atom. The Kier molecular flexibility index (Phi) is 16.5. The summed E-state index contributed by atoms with van der Waals surface area (Å²) in [4.78, 5) is 0. The molecule has 1 rings (SSSR count).